The van der Waals surface area contributed by atoms with Crippen molar-refractivity contribution < 1.29 is 14.3 Å². The van der Waals surface area contributed by atoms with Crippen molar-refractivity contribution in [2.24, 2.45) is 5.92 Å². The third kappa shape index (κ3) is 2.95. The maximum Gasteiger partial charge on any atom is 0.175 e. The fourth-order valence-corrected chi connectivity index (χ4v) is 2.16. The van der Waals surface area contributed by atoms with Crippen molar-refractivity contribution in [1.29, 1.82) is 0 Å². The minimum absolute atomic E-state index is 0.0290. The first-order valence-electron chi connectivity index (χ1n) is 5.25. The number of benzene rings is 1. The third-order valence-corrected chi connectivity index (χ3v) is 3.48. The quantitative estimate of drug-likeness (QED) is 0.794. The number of hydrogen-bond donors (Lipinski definition) is 0. The van der Waals surface area contributed by atoms with Gasteiger partial charge in [0.05, 0.1) is 10.2 Å². The summed E-state index contributed by atoms with van der Waals surface area (Å²) in [5.41, 5.74) is 0. The minimum Gasteiger partial charge on any atom is -0.485 e. The average molecular weight is 332 g/mol. The Kier molecular flexibility index (Phi) is 4.17. The van der Waals surface area contributed by atoms with Crippen LogP contribution < -0.4 is 4.74 Å². The second-order valence-corrected chi connectivity index (χ2v) is 4.91. The zero-order chi connectivity index (χ0) is 11.4. The topological polar surface area (TPSA) is 35.5 Å². The van der Waals surface area contributed by atoms with E-state index < -0.39 is 0 Å². The van der Waals surface area contributed by atoms with Crippen molar-refractivity contribution in [3.63, 3.8) is 0 Å². The molecule has 0 spiro atoms. The largest absolute Gasteiger partial charge is 0.485 e. The summed E-state index contributed by atoms with van der Waals surface area (Å²) in [6, 6.07) is 7.68. The van der Waals surface area contributed by atoms with Gasteiger partial charge < -0.3 is 9.47 Å². The van der Waals surface area contributed by atoms with Crippen LogP contribution in [0, 0.1) is 9.49 Å². The smallest absolute Gasteiger partial charge is 0.175 e. The van der Waals surface area contributed by atoms with E-state index in [1.165, 1.54) is 0 Å². The van der Waals surface area contributed by atoms with Crippen LogP contribution in [-0.2, 0) is 9.53 Å². The summed E-state index contributed by atoms with van der Waals surface area (Å²) in [5.74, 6) is 0.939. The number of carbonyl (C=O) groups excluding carboxylic acids is 1. The second-order valence-electron chi connectivity index (χ2n) is 3.75. The molecule has 16 heavy (non-hydrogen) atoms. The van der Waals surface area contributed by atoms with E-state index in [4.69, 9.17) is 9.47 Å². The van der Waals surface area contributed by atoms with E-state index in [0.717, 1.165) is 15.7 Å². The van der Waals surface area contributed by atoms with Gasteiger partial charge in [0.1, 0.15) is 12.4 Å². The number of ether oxygens (including phenoxy) is 2. The van der Waals surface area contributed by atoms with Crippen LogP contribution >= 0.6 is 22.6 Å². The van der Waals surface area contributed by atoms with Gasteiger partial charge in [0.2, 0.25) is 0 Å². The first kappa shape index (κ1) is 11.9. The Labute approximate surface area is 108 Å². The van der Waals surface area contributed by atoms with Gasteiger partial charge in [-0.25, -0.2) is 0 Å². The molecule has 3 nitrogen and oxygen atoms in total. The first-order valence-corrected chi connectivity index (χ1v) is 6.33. The molecule has 1 fully saturated rings. The molecule has 0 N–H and O–H groups in total. The predicted molar refractivity (Wildman–Crippen MR) is 68.6 cm³/mol. The van der Waals surface area contributed by atoms with E-state index in [0.29, 0.717) is 13.2 Å². The van der Waals surface area contributed by atoms with Crippen molar-refractivity contribution in [3.05, 3.63) is 27.8 Å². The van der Waals surface area contributed by atoms with Crippen molar-refractivity contribution in [2.45, 2.75) is 6.42 Å². The predicted octanol–water partition coefficient (Wildman–Crippen LogP) is 2.28. The van der Waals surface area contributed by atoms with Crippen LogP contribution in [0.2, 0.25) is 0 Å². The lowest BCUT2D eigenvalue weighted by Gasteiger charge is -2.09. The number of hydrogen-bond acceptors (Lipinski definition) is 3. The molecule has 1 saturated heterocycles. The Bertz CT molecular complexity index is 372. The SMILES string of the molecule is O=C(COc1ccccc1I)C1CCOC1. The highest BCUT2D eigenvalue weighted by Crippen LogP contribution is 2.20. The number of ketones is 1. The molecule has 4 heteroatoms. The molecule has 1 atom stereocenters. The zero-order valence-electron chi connectivity index (χ0n) is 8.82. The van der Waals surface area contributed by atoms with Crippen LogP contribution in [-0.4, -0.2) is 25.6 Å². The van der Waals surface area contributed by atoms with Gasteiger partial charge in [0, 0.05) is 12.5 Å². The normalized spacial score (nSPS) is 19.7. The van der Waals surface area contributed by atoms with Crippen LogP contribution in [0.3, 0.4) is 0 Å². The summed E-state index contributed by atoms with van der Waals surface area (Å²) in [5, 5.41) is 0. The standard InChI is InChI=1S/C12H13IO3/c13-10-3-1-2-4-12(10)16-8-11(14)9-5-6-15-7-9/h1-4,9H,5-8H2. The van der Waals surface area contributed by atoms with Gasteiger partial charge in [0.25, 0.3) is 0 Å². The average Bonchev–Trinajstić information content (AvgIpc) is 2.81. The van der Waals surface area contributed by atoms with Crippen LogP contribution in [0.15, 0.2) is 24.3 Å². The van der Waals surface area contributed by atoms with E-state index in [2.05, 4.69) is 22.6 Å². The van der Waals surface area contributed by atoms with Gasteiger partial charge in [-0.05, 0) is 41.1 Å². The molecule has 0 saturated carbocycles. The molecular formula is C12H13IO3. The zero-order valence-corrected chi connectivity index (χ0v) is 11.0. The van der Waals surface area contributed by atoms with Crippen LogP contribution in [0.25, 0.3) is 0 Å². The van der Waals surface area contributed by atoms with Gasteiger partial charge in [-0.15, -0.1) is 0 Å². The van der Waals surface area contributed by atoms with Gasteiger partial charge in [-0.1, -0.05) is 12.1 Å². The highest BCUT2D eigenvalue weighted by Gasteiger charge is 2.23. The summed E-state index contributed by atoms with van der Waals surface area (Å²) in [6.45, 7) is 1.39. The van der Waals surface area contributed by atoms with Crippen LogP contribution in [0.1, 0.15) is 6.42 Å². The summed E-state index contributed by atoms with van der Waals surface area (Å²) in [7, 11) is 0. The summed E-state index contributed by atoms with van der Waals surface area (Å²) in [6.07, 6.45) is 0.827. The fraction of sp³-hybridized carbons (Fsp3) is 0.417. The van der Waals surface area contributed by atoms with E-state index in [-0.39, 0.29) is 18.3 Å². The maximum absolute atomic E-state index is 11.7. The number of carbonyl (C=O) groups is 1. The Hall–Kier alpha value is -0.620. The van der Waals surface area contributed by atoms with Gasteiger partial charge in [-0.3, -0.25) is 4.79 Å². The fourth-order valence-electron chi connectivity index (χ4n) is 1.62. The second kappa shape index (κ2) is 5.63. The highest BCUT2D eigenvalue weighted by atomic mass is 127. The first-order chi connectivity index (χ1) is 7.77. The Morgan fingerprint density at radius 1 is 1.50 bits per heavy atom. The van der Waals surface area contributed by atoms with E-state index in [9.17, 15) is 4.79 Å². The number of para-hydroxylation sites is 1. The molecule has 0 amide bonds. The summed E-state index contributed by atoms with van der Waals surface area (Å²) < 4.78 is 11.7. The molecule has 0 aliphatic carbocycles. The molecule has 1 aromatic carbocycles. The Morgan fingerprint density at radius 2 is 2.31 bits per heavy atom. The molecule has 1 aliphatic rings. The van der Waals surface area contributed by atoms with Crippen molar-refractivity contribution >= 4 is 28.4 Å². The lowest BCUT2D eigenvalue weighted by molar-refractivity contribution is -0.124. The van der Waals surface area contributed by atoms with Gasteiger partial charge >= 0.3 is 0 Å². The van der Waals surface area contributed by atoms with E-state index in [1.54, 1.807) is 0 Å². The molecule has 1 unspecified atom stereocenters. The highest BCUT2D eigenvalue weighted by molar-refractivity contribution is 14.1. The molecule has 0 radical (unpaired) electrons. The van der Waals surface area contributed by atoms with Crippen LogP contribution in [0.4, 0.5) is 0 Å². The molecule has 1 aliphatic heterocycles. The van der Waals surface area contributed by atoms with Gasteiger partial charge in [0.15, 0.2) is 5.78 Å². The molecule has 1 aromatic rings. The van der Waals surface area contributed by atoms with E-state index in [1.807, 2.05) is 24.3 Å². The molecule has 86 valence electrons. The number of halogens is 1. The Balaban J connectivity index is 1.87. The van der Waals surface area contributed by atoms with Crippen molar-refractivity contribution in [3.8, 4) is 5.75 Å². The van der Waals surface area contributed by atoms with Crippen LogP contribution in [0.5, 0.6) is 5.75 Å². The van der Waals surface area contributed by atoms with Crippen molar-refractivity contribution in [1.82, 2.24) is 0 Å². The van der Waals surface area contributed by atoms with Crippen molar-refractivity contribution in [2.75, 3.05) is 19.8 Å². The number of rotatable bonds is 4. The molecule has 2 rings (SSSR count). The Morgan fingerprint density at radius 3 is 3.00 bits per heavy atom. The summed E-state index contributed by atoms with van der Waals surface area (Å²) >= 11 is 2.19. The molecular weight excluding hydrogens is 319 g/mol. The summed E-state index contributed by atoms with van der Waals surface area (Å²) in [4.78, 5) is 11.7. The van der Waals surface area contributed by atoms with E-state index >= 15 is 0 Å². The monoisotopic (exact) mass is 332 g/mol. The lowest BCUT2D eigenvalue weighted by atomic mass is 10.0. The molecule has 1 heterocycles. The lowest BCUT2D eigenvalue weighted by Crippen LogP contribution is -2.21. The molecule has 0 aromatic heterocycles. The van der Waals surface area contributed by atoms with Gasteiger partial charge in [-0.2, -0.15) is 0 Å². The maximum atomic E-state index is 11.7. The minimum atomic E-state index is 0.0290. The molecule has 0 bridgehead atoms. The third-order valence-electron chi connectivity index (χ3n) is 2.59. The number of Topliss-reactive ketones (excluding diaryl/α,β-unsaturated/α-hetero) is 1.